The van der Waals surface area contributed by atoms with Gasteiger partial charge in [-0.05, 0) is 48.5 Å². The third kappa shape index (κ3) is 11.1. The summed E-state index contributed by atoms with van der Waals surface area (Å²) in [6.45, 7) is 15.3. The fraction of sp³-hybridized carbons (Fsp3) is 0.656. The van der Waals surface area contributed by atoms with Crippen LogP contribution in [0.4, 0.5) is 0 Å². The summed E-state index contributed by atoms with van der Waals surface area (Å²) in [6, 6.07) is 4.61. The van der Waals surface area contributed by atoms with Gasteiger partial charge in [-0.3, -0.25) is 24.0 Å². The Bertz CT molecular complexity index is 1070. The minimum absolute atomic E-state index is 0.0595. The second-order valence-electron chi connectivity index (χ2n) is 13.1. The average Bonchev–Trinajstić information content (AvgIpc) is 2.89. The summed E-state index contributed by atoms with van der Waals surface area (Å²) in [7, 11) is 0. The van der Waals surface area contributed by atoms with Crippen LogP contribution in [0.15, 0.2) is 30.3 Å². The van der Waals surface area contributed by atoms with Crippen LogP contribution in [-0.2, 0) is 30.4 Å². The zero-order valence-corrected chi connectivity index (χ0v) is 26.5. The maximum atomic E-state index is 13.7. The largest absolute Gasteiger partial charge is 0.343 e. The summed E-state index contributed by atoms with van der Waals surface area (Å²) in [4.78, 5) is 68.0. The van der Waals surface area contributed by atoms with Crippen LogP contribution in [0.25, 0.3) is 0 Å². The van der Waals surface area contributed by atoms with Crippen molar-refractivity contribution in [3.8, 4) is 0 Å². The molecule has 1 heterocycles. The number of nitrogens with one attached hydrogen (secondary N) is 5. The Labute approximate surface area is 250 Å². The summed E-state index contributed by atoms with van der Waals surface area (Å²) < 4.78 is 0. The second-order valence-corrected chi connectivity index (χ2v) is 13.1. The van der Waals surface area contributed by atoms with Gasteiger partial charge in [-0.1, -0.05) is 85.7 Å². The molecule has 1 aliphatic heterocycles. The Balaban J connectivity index is 2.59. The van der Waals surface area contributed by atoms with Gasteiger partial charge < -0.3 is 26.6 Å². The molecule has 0 aliphatic carbocycles. The third-order valence-corrected chi connectivity index (χ3v) is 7.18. The SMILES string of the molecule is CC(C)C[C@@H]1NC(=O)[C@@H](Cc2ccccc2)NC(=O)[C@@H](CC(C)C)NC(=O)[C@@H](C(C)C)NC(=O)[C@@H](CC(C)C)NC1=O. The molecule has 5 N–H and O–H groups in total. The van der Waals surface area contributed by atoms with Crippen LogP contribution in [0.1, 0.15) is 80.2 Å². The van der Waals surface area contributed by atoms with E-state index in [0.717, 1.165) is 5.56 Å². The first-order chi connectivity index (χ1) is 19.7. The van der Waals surface area contributed by atoms with Crippen LogP contribution >= 0.6 is 0 Å². The molecule has 5 atom stereocenters. The summed E-state index contributed by atoms with van der Waals surface area (Å²) in [5.74, 6) is -2.57. The molecule has 10 heteroatoms. The van der Waals surface area contributed by atoms with Crippen LogP contribution in [0.5, 0.6) is 0 Å². The number of carbonyl (C=O) groups excluding carboxylic acids is 5. The minimum atomic E-state index is -0.994. The van der Waals surface area contributed by atoms with E-state index in [2.05, 4.69) is 26.6 Å². The van der Waals surface area contributed by atoms with E-state index >= 15 is 0 Å². The number of hydrogen-bond donors (Lipinski definition) is 5. The molecule has 0 aromatic heterocycles. The molecule has 1 saturated heterocycles. The molecule has 0 saturated carbocycles. The van der Waals surface area contributed by atoms with Gasteiger partial charge in [0.05, 0.1) is 0 Å². The van der Waals surface area contributed by atoms with Crippen molar-refractivity contribution in [3.63, 3.8) is 0 Å². The van der Waals surface area contributed by atoms with Gasteiger partial charge in [0.15, 0.2) is 0 Å². The smallest absolute Gasteiger partial charge is 0.243 e. The lowest BCUT2D eigenvalue weighted by atomic mass is 9.98. The summed E-state index contributed by atoms with van der Waals surface area (Å²) in [5.41, 5.74) is 0.830. The van der Waals surface area contributed by atoms with E-state index in [0.29, 0.717) is 19.3 Å². The molecule has 0 radical (unpaired) electrons. The molecule has 0 bridgehead atoms. The third-order valence-electron chi connectivity index (χ3n) is 7.18. The fourth-order valence-corrected chi connectivity index (χ4v) is 5.04. The van der Waals surface area contributed by atoms with E-state index in [1.54, 1.807) is 0 Å². The average molecular weight is 586 g/mol. The topological polar surface area (TPSA) is 146 Å². The molecule has 5 amide bonds. The van der Waals surface area contributed by atoms with Gasteiger partial charge in [0, 0.05) is 6.42 Å². The van der Waals surface area contributed by atoms with Crippen molar-refractivity contribution in [1.82, 2.24) is 26.6 Å². The quantitative estimate of drug-likeness (QED) is 0.302. The molecule has 1 aliphatic rings. The molecule has 0 spiro atoms. The Kier molecular flexibility index (Phi) is 13.5. The Morgan fingerprint density at radius 1 is 0.500 bits per heavy atom. The maximum Gasteiger partial charge on any atom is 0.243 e. The van der Waals surface area contributed by atoms with E-state index in [9.17, 15) is 24.0 Å². The number of benzene rings is 1. The van der Waals surface area contributed by atoms with Gasteiger partial charge in [-0.2, -0.15) is 0 Å². The Morgan fingerprint density at radius 2 is 0.857 bits per heavy atom. The number of rotatable bonds is 9. The predicted molar refractivity (Wildman–Crippen MR) is 163 cm³/mol. The number of amides is 5. The molecule has 0 unspecified atom stereocenters. The van der Waals surface area contributed by atoms with Gasteiger partial charge in [0.25, 0.3) is 0 Å². The van der Waals surface area contributed by atoms with Gasteiger partial charge in [-0.25, -0.2) is 0 Å². The van der Waals surface area contributed by atoms with Gasteiger partial charge >= 0.3 is 0 Å². The molecule has 2 rings (SSSR count). The van der Waals surface area contributed by atoms with E-state index < -0.39 is 59.7 Å². The summed E-state index contributed by atoms with van der Waals surface area (Å²) in [5, 5.41) is 14.2. The lowest BCUT2D eigenvalue weighted by Crippen LogP contribution is -2.59. The van der Waals surface area contributed by atoms with Crippen molar-refractivity contribution in [1.29, 1.82) is 0 Å². The second kappa shape index (κ2) is 16.3. The highest BCUT2D eigenvalue weighted by atomic mass is 16.2. The summed E-state index contributed by atoms with van der Waals surface area (Å²) in [6.07, 6.45) is 1.21. The highest BCUT2D eigenvalue weighted by molar-refractivity contribution is 5.98. The van der Waals surface area contributed by atoms with E-state index in [-0.39, 0.29) is 30.1 Å². The first-order valence-electron chi connectivity index (χ1n) is 15.2. The van der Waals surface area contributed by atoms with Crippen molar-refractivity contribution in [2.75, 3.05) is 0 Å². The van der Waals surface area contributed by atoms with Crippen LogP contribution in [0.2, 0.25) is 0 Å². The van der Waals surface area contributed by atoms with Gasteiger partial charge in [-0.15, -0.1) is 0 Å². The van der Waals surface area contributed by atoms with Gasteiger partial charge in [0.2, 0.25) is 29.5 Å². The normalized spacial score (nSPS) is 25.0. The molecule has 1 fully saturated rings. The lowest BCUT2D eigenvalue weighted by molar-refractivity contribution is -0.135. The first-order valence-corrected chi connectivity index (χ1v) is 15.2. The van der Waals surface area contributed by atoms with Crippen molar-refractivity contribution in [3.05, 3.63) is 35.9 Å². The Morgan fingerprint density at radius 3 is 1.26 bits per heavy atom. The molecule has 1 aromatic carbocycles. The molecule has 234 valence electrons. The van der Waals surface area contributed by atoms with Crippen LogP contribution in [0, 0.1) is 23.7 Å². The van der Waals surface area contributed by atoms with E-state index in [4.69, 9.17) is 0 Å². The first kappa shape index (κ1) is 34.8. The zero-order valence-electron chi connectivity index (χ0n) is 26.5. The zero-order chi connectivity index (χ0) is 31.6. The van der Waals surface area contributed by atoms with Crippen molar-refractivity contribution in [2.45, 2.75) is 111 Å². The number of carbonyl (C=O) groups is 5. The van der Waals surface area contributed by atoms with Crippen molar-refractivity contribution in [2.24, 2.45) is 23.7 Å². The van der Waals surface area contributed by atoms with Gasteiger partial charge in [0.1, 0.15) is 30.2 Å². The van der Waals surface area contributed by atoms with Crippen molar-refractivity contribution < 1.29 is 24.0 Å². The predicted octanol–water partition coefficient (Wildman–Crippen LogP) is 2.46. The van der Waals surface area contributed by atoms with E-state index in [1.807, 2.05) is 85.7 Å². The van der Waals surface area contributed by atoms with Crippen molar-refractivity contribution >= 4 is 29.5 Å². The van der Waals surface area contributed by atoms with Crippen LogP contribution in [0.3, 0.4) is 0 Å². The highest BCUT2D eigenvalue weighted by Gasteiger charge is 2.36. The fourth-order valence-electron chi connectivity index (χ4n) is 5.04. The maximum absolute atomic E-state index is 13.7. The molecular formula is C32H51N5O5. The highest BCUT2D eigenvalue weighted by Crippen LogP contribution is 2.14. The number of hydrogen-bond acceptors (Lipinski definition) is 5. The molecule has 10 nitrogen and oxygen atoms in total. The minimum Gasteiger partial charge on any atom is -0.343 e. The van der Waals surface area contributed by atoms with Crippen LogP contribution < -0.4 is 26.6 Å². The Hall–Kier alpha value is -3.43. The molecule has 1 aromatic rings. The summed E-state index contributed by atoms with van der Waals surface area (Å²) >= 11 is 0. The van der Waals surface area contributed by atoms with Crippen LogP contribution in [-0.4, -0.2) is 59.7 Å². The lowest BCUT2D eigenvalue weighted by Gasteiger charge is -2.28. The monoisotopic (exact) mass is 585 g/mol. The molecular weight excluding hydrogens is 534 g/mol. The van der Waals surface area contributed by atoms with E-state index in [1.165, 1.54) is 0 Å². The molecule has 42 heavy (non-hydrogen) atoms. The standard InChI is InChI=1S/C32H51N5O5/c1-18(2)14-23-28(38)34-25(16-20(5)6)31(41)37-27(21(7)8)32(42)36-24(15-19(3)4)29(39)35-26(30(40)33-23)17-22-12-10-9-11-13-22/h9-13,18-21,23-27H,14-17H2,1-8H3,(H,33,40)(H,34,38)(H,35,39)(H,36,42)(H,37,41)/t23-,24+,25+,26+,27+/m0/s1.